The number of rotatable bonds is 6. The lowest BCUT2D eigenvalue weighted by Gasteiger charge is -2.21. The van der Waals surface area contributed by atoms with Gasteiger partial charge in [-0.25, -0.2) is 20.9 Å². The molecule has 34 heavy (non-hydrogen) atoms. The summed E-state index contributed by atoms with van der Waals surface area (Å²) in [5, 5.41) is 15.3. The molecule has 3 aromatic rings. The van der Waals surface area contributed by atoms with Gasteiger partial charge in [0.1, 0.15) is 17.9 Å². The highest BCUT2D eigenvalue weighted by atomic mass is 16.6. The van der Waals surface area contributed by atoms with Crippen LogP contribution in [-0.4, -0.2) is 56.2 Å². The Balaban J connectivity index is 1.68. The molecule has 0 bridgehead atoms. The minimum Gasteiger partial charge on any atom is -0.456 e. The van der Waals surface area contributed by atoms with Gasteiger partial charge in [-0.05, 0) is 24.3 Å². The molecule has 3 heterocycles. The van der Waals surface area contributed by atoms with Crippen molar-refractivity contribution in [3.05, 3.63) is 71.5 Å². The third-order valence-corrected chi connectivity index (χ3v) is 5.54. The number of aliphatic hydroxyl groups excluding tert-OH is 1. The van der Waals surface area contributed by atoms with Crippen molar-refractivity contribution in [2.24, 2.45) is 5.92 Å². The molecule has 0 saturated carbocycles. The van der Waals surface area contributed by atoms with Gasteiger partial charge in [-0.3, -0.25) is 14.4 Å². The highest BCUT2D eigenvalue weighted by Gasteiger charge is 2.64. The van der Waals surface area contributed by atoms with Crippen molar-refractivity contribution in [2.75, 3.05) is 12.3 Å². The molecule has 1 fully saturated rings. The van der Waals surface area contributed by atoms with Crippen molar-refractivity contribution in [1.29, 1.82) is 0 Å². The van der Waals surface area contributed by atoms with Crippen molar-refractivity contribution in [3.63, 3.8) is 0 Å². The van der Waals surface area contributed by atoms with Crippen LogP contribution in [0, 0.1) is 12.5 Å². The Morgan fingerprint density at radius 1 is 1.29 bits per heavy atom. The Labute approximate surface area is 194 Å². The van der Waals surface area contributed by atoms with E-state index in [4.69, 9.17) is 26.5 Å². The maximum Gasteiger partial charge on any atom is 0.401 e. The number of benzene rings is 1. The third-order valence-electron chi connectivity index (χ3n) is 5.54. The number of nitrogens with zero attached hydrogens (tertiary/aromatic N) is 4. The van der Waals surface area contributed by atoms with Gasteiger partial charge in [0.15, 0.2) is 18.5 Å². The summed E-state index contributed by atoms with van der Waals surface area (Å²) in [7, 11) is 0. The second-order valence-corrected chi connectivity index (χ2v) is 8.14. The van der Waals surface area contributed by atoms with Crippen molar-refractivity contribution in [2.45, 2.75) is 37.9 Å². The van der Waals surface area contributed by atoms with Gasteiger partial charge in [0.25, 0.3) is 0 Å². The molecule has 2 aromatic heterocycles. The van der Waals surface area contributed by atoms with Gasteiger partial charge < -0.3 is 20.3 Å². The van der Waals surface area contributed by atoms with E-state index in [0.717, 1.165) is 0 Å². The predicted molar refractivity (Wildman–Crippen MR) is 118 cm³/mol. The first-order valence-electron chi connectivity index (χ1n) is 10.5. The van der Waals surface area contributed by atoms with Gasteiger partial charge in [0.05, 0.1) is 17.2 Å². The topological polar surface area (TPSA) is 143 Å². The largest absolute Gasteiger partial charge is 0.456 e. The van der Waals surface area contributed by atoms with E-state index >= 15 is 0 Å². The second kappa shape index (κ2) is 9.09. The summed E-state index contributed by atoms with van der Waals surface area (Å²) >= 11 is 0. The number of aliphatic hydroxyl groups is 1. The third kappa shape index (κ3) is 4.05. The average Bonchev–Trinajstić information content (AvgIpc) is 3.39. The number of nitrogens with two attached hydrogens (primary N) is 1. The molecule has 1 saturated heterocycles. The molecule has 4 atom stereocenters. The monoisotopic (exact) mass is 465 g/mol. The van der Waals surface area contributed by atoms with Crippen LogP contribution in [0.5, 0.6) is 0 Å². The number of carbonyl (C=O) groups excluding carboxylic acids is 2. The lowest BCUT2D eigenvalue weighted by Crippen LogP contribution is -2.46. The molecule has 1 aliphatic rings. The van der Waals surface area contributed by atoms with Crippen molar-refractivity contribution in [1.82, 2.24) is 14.6 Å². The fourth-order valence-corrected chi connectivity index (χ4v) is 3.66. The number of carbonyl (C=O) groups is 2. The van der Waals surface area contributed by atoms with E-state index in [9.17, 15) is 14.7 Å². The molecule has 1 aliphatic heterocycles. The molecule has 0 aliphatic carbocycles. The summed E-state index contributed by atoms with van der Waals surface area (Å²) in [5.41, 5.74) is 5.03. The van der Waals surface area contributed by atoms with Crippen LogP contribution in [0.25, 0.3) is 10.4 Å². The van der Waals surface area contributed by atoms with E-state index < -0.39 is 48.5 Å². The van der Waals surface area contributed by atoms with Crippen molar-refractivity contribution >= 4 is 23.3 Å². The molecule has 3 N–H and O–H groups in total. The summed E-state index contributed by atoms with van der Waals surface area (Å²) in [6, 6.07) is 11.5. The Morgan fingerprint density at radius 3 is 2.71 bits per heavy atom. The van der Waals surface area contributed by atoms with Crippen LogP contribution in [0.15, 0.2) is 48.8 Å². The van der Waals surface area contributed by atoms with Gasteiger partial charge >= 0.3 is 17.7 Å². The van der Waals surface area contributed by atoms with Gasteiger partial charge in [0, 0.05) is 0 Å². The number of nitrogen functional groups attached to an aromatic ring is 1. The summed E-state index contributed by atoms with van der Waals surface area (Å²) in [6.07, 6.45) is -2.74. The lowest BCUT2D eigenvalue weighted by atomic mass is 10.0. The lowest BCUT2D eigenvalue weighted by molar-refractivity contribution is -0.159. The number of fused-ring (bicyclic) bond motifs is 1. The average molecular weight is 465 g/mol. The first-order valence-corrected chi connectivity index (χ1v) is 10.5. The van der Waals surface area contributed by atoms with Gasteiger partial charge in [-0.1, -0.05) is 32.0 Å². The van der Waals surface area contributed by atoms with Crippen LogP contribution in [0.4, 0.5) is 5.82 Å². The molecule has 0 spiro atoms. The van der Waals surface area contributed by atoms with E-state index in [1.54, 1.807) is 56.3 Å². The number of anilines is 1. The Kier molecular flexibility index (Phi) is 6.19. The molecular formula is C23H23N5O6. The number of hydrogen-bond acceptors (Lipinski definition) is 9. The van der Waals surface area contributed by atoms with Crippen molar-refractivity contribution in [3.8, 4) is 0 Å². The first kappa shape index (κ1) is 23.2. The first-order chi connectivity index (χ1) is 16.3. The minimum atomic E-state index is -2.01. The highest BCUT2D eigenvalue weighted by molar-refractivity contribution is 5.89. The summed E-state index contributed by atoms with van der Waals surface area (Å²) in [4.78, 5) is 32.3. The molecule has 11 nitrogen and oxygen atoms in total. The SMILES string of the molecule is [C-]#[N+][C@]1(COC(=O)c2ccccc2)O[C@@H](c2ccc3c(N)ncnn23)[C@H](OC(=O)C(C)C)[C@@H]1O. The van der Waals surface area contributed by atoms with E-state index in [2.05, 4.69) is 14.9 Å². The standard InChI is InChI=1S/C23H23N5O6/c1-13(2)21(30)33-18-17(15-9-10-16-20(24)26-12-27-28(15)16)34-23(25-3,19(18)29)11-32-22(31)14-7-5-4-6-8-14/h4-10,12-13,17-19,29H,11H2,1-2H3,(H2,24,26,27)/t17-,18-,19-,23+/m0/s1. The van der Waals surface area contributed by atoms with Gasteiger partial charge in [0.2, 0.25) is 6.10 Å². The Hall–Kier alpha value is -4.01. The number of aromatic nitrogens is 3. The van der Waals surface area contributed by atoms with E-state index in [-0.39, 0.29) is 11.4 Å². The van der Waals surface area contributed by atoms with Crippen LogP contribution in [-0.2, 0) is 19.0 Å². The van der Waals surface area contributed by atoms with Crippen molar-refractivity contribution < 1.29 is 28.9 Å². The molecule has 176 valence electrons. The quantitative estimate of drug-likeness (QED) is 0.411. The fraction of sp³-hybridized carbons (Fsp3) is 0.348. The Bertz CT molecular complexity index is 1250. The number of ether oxygens (including phenoxy) is 3. The number of hydrogen-bond donors (Lipinski definition) is 2. The smallest absolute Gasteiger partial charge is 0.401 e. The summed E-state index contributed by atoms with van der Waals surface area (Å²) in [6.45, 7) is 10.5. The van der Waals surface area contributed by atoms with Crippen LogP contribution < -0.4 is 5.73 Å². The van der Waals surface area contributed by atoms with Crippen LogP contribution in [0.3, 0.4) is 0 Å². The second-order valence-electron chi connectivity index (χ2n) is 8.14. The predicted octanol–water partition coefficient (Wildman–Crippen LogP) is 1.78. The Morgan fingerprint density at radius 2 is 2.03 bits per heavy atom. The van der Waals surface area contributed by atoms with Crippen LogP contribution in [0.1, 0.15) is 36.0 Å². The maximum atomic E-state index is 12.5. The molecule has 1 aromatic carbocycles. The van der Waals surface area contributed by atoms with Crippen LogP contribution in [0.2, 0.25) is 0 Å². The molecule has 0 amide bonds. The zero-order valence-electron chi connectivity index (χ0n) is 18.5. The summed E-state index contributed by atoms with van der Waals surface area (Å²) in [5.74, 6) is -1.56. The molecule has 4 rings (SSSR count). The molecular weight excluding hydrogens is 442 g/mol. The molecule has 0 radical (unpaired) electrons. The zero-order chi connectivity index (χ0) is 24.5. The zero-order valence-corrected chi connectivity index (χ0v) is 18.5. The fourth-order valence-electron chi connectivity index (χ4n) is 3.66. The molecule has 0 unspecified atom stereocenters. The summed E-state index contributed by atoms with van der Waals surface area (Å²) < 4.78 is 18.3. The van der Waals surface area contributed by atoms with E-state index in [1.165, 1.54) is 10.8 Å². The molecule has 11 heteroatoms. The van der Waals surface area contributed by atoms with Gasteiger partial charge in [-0.15, -0.1) is 0 Å². The minimum absolute atomic E-state index is 0.212. The van der Waals surface area contributed by atoms with E-state index in [1.807, 2.05) is 0 Å². The maximum absolute atomic E-state index is 12.5. The number of esters is 2. The van der Waals surface area contributed by atoms with Gasteiger partial charge in [-0.2, -0.15) is 5.10 Å². The highest BCUT2D eigenvalue weighted by Crippen LogP contribution is 2.43. The van der Waals surface area contributed by atoms with E-state index in [0.29, 0.717) is 11.2 Å². The normalized spacial score (nSPS) is 24.1. The van der Waals surface area contributed by atoms with Crippen LogP contribution >= 0.6 is 0 Å².